The van der Waals surface area contributed by atoms with Gasteiger partial charge in [-0.05, 0) is 25.4 Å². The average Bonchev–Trinajstić information content (AvgIpc) is 1.84. The molecule has 0 radical (unpaired) electrons. The number of hydrogen-bond acceptors (Lipinski definition) is 3. The molecule has 0 spiro atoms. The van der Waals surface area contributed by atoms with Gasteiger partial charge in [0.15, 0.2) is 0 Å². The van der Waals surface area contributed by atoms with Crippen molar-refractivity contribution < 1.29 is 9.90 Å². The number of carboxylic acid groups (broad SMARTS) is 1. The number of thioether (sulfide) groups is 1. The number of nitrogens with two attached hydrogens (primary N) is 1. The Kier molecular flexibility index (Phi) is 3.75. The first kappa shape index (κ1) is 9.78. The fourth-order valence-electron chi connectivity index (χ4n) is 0.421. The summed E-state index contributed by atoms with van der Waals surface area (Å²) >= 11 is 1.60. The smallest absolute Gasteiger partial charge is 0.323 e. The van der Waals surface area contributed by atoms with Crippen LogP contribution in [0.25, 0.3) is 0 Å². The number of carboxylic acids is 1. The first-order valence-corrected chi connectivity index (χ1v) is 4.41. The molecule has 0 bridgehead atoms. The number of carbonyl (C=O) groups is 1. The zero-order valence-corrected chi connectivity index (χ0v) is 7.07. The highest BCUT2D eigenvalue weighted by Gasteiger charge is 2.26. The molecule has 0 aromatic carbocycles. The van der Waals surface area contributed by atoms with Gasteiger partial charge in [-0.3, -0.25) is 4.79 Å². The van der Waals surface area contributed by atoms with E-state index < -0.39 is 11.5 Å². The molecule has 4 heteroatoms. The third-order valence-electron chi connectivity index (χ3n) is 1.31. The zero-order valence-electron chi connectivity index (χ0n) is 6.26. The molecule has 0 saturated carbocycles. The van der Waals surface area contributed by atoms with E-state index in [-0.39, 0.29) is 0 Å². The summed E-state index contributed by atoms with van der Waals surface area (Å²) in [6.07, 6.45) is 2.45. The molecule has 0 aliphatic carbocycles. The summed E-state index contributed by atoms with van der Waals surface area (Å²) in [6, 6.07) is 0. The van der Waals surface area contributed by atoms with Gasteiger partial charge in [0.05, 0.1) is 0 Å². The molecule has 0 aliphatic rings. The van der Waals surface area contributed by atoms with Gasteiger partial charge in [-0.15, -0.1) is 0 Å². The number of aliphatic carboxylic acids is 1. The summed E-state index contributed by atoms with van der Waals surface area (Å²) in [6.45, 7) is 1.53. The van der Waals surface area contributed by atoms with Crippen molar-refractivity contribution in [3.05, 3.63) is 0 Å². The fourth-order valence-corrected chi connectivity index (χ4v) is 1.05. The van der Waals surface area contributed by atoms with Crippen LogP contribution in [0.5, 0.6) is 0 Å². The molecule has 60 valence electrons. The van der Waals surface area contributed by atoms with E-state index in [2.05, 4.69) is 0 Å². The maximum atomic E-state index is 10.4. The molecular weight excluding hydrogens is 150 g/mol. The summed E-state index contributed by atoms with van der Waals surface area (Å²) in [5.41, 5.74) is 4.38. The van der Waals surface area contributed by atoms with E-state index >= 15 is 0 Å². The maximum Gasteiger partial charge on any atom is 0.323 e. The molecule has 0 aromatic rings. The molecule has 0 aromatic heterocycles. The lowest BCUT2D eigenvalue weighted by Gasteiger charge is -2.17. The molecular formula is C6H13NO2S. The molecule has 10 heavy (non-hydrogen) atoms. The molecule has 0 aliphatic heterocycles. The second-order valence-corrected chi connectivity index (χ2v) is 3.45. The predicted octanol–water partition coefficient (Wildman–Crippen LogP) is 0.542. The molecule has 1 atom stereocenters. The minimum Gasteiger partial charge on any atom is -0.480 e. The molecule has 3 nitrogen and oxygen atoms in total. The van der Waals surface area contributed by atoms with Gasteiger partial charge in [-0.2, -0.15) is 11.8 Å². The third kappa shape index (κ3) is 3.08. The second kappa shape index (κ2) is 3.83. The van der Waals surface area contributed by atoms with Crippen LogP contribution in [0.15, 0.2) is 0 Å². The van der Waals surface area contributed by atoms with Crippen molar-refractivity contribution >= 4 is 17.7 Å². The summed E-state index contributed by atoms with van der Waals surface area (Å²) in [5.74, 6) is -0.138. The maximum absolute atomic E-state index is 10.4. The van der Waals surface area contributed by atoms with E-state index in [0.717, 1.165) is 5.75 Å². The average molecular weight is 163 g/mol. The normalized spacial score (nSPS) is 16.3. The first-order valence-electron chi connectivity index (χ1n) is 3.02. The van der Waals surface area contributed by atoms with Gasteiger partial charge in [-0.25, -0.2) is 0 Å². The Morgan fingerprint density at radius 2 is 2.30 bits per heavy atom. The number of rotatable bonds is 4. The Hall–Kier alpha value is -0.220. The quantitative estimate of drug-likeness (QED) is 0.635. The van der Waals surface area contributed by atoms with Crippen LogP contribution < -0.4 is 5.73 Å². The third-order valence-corrected chi connectivity index (χ3v) is 1.93. The van der Waals surface area contributed by atoms with E-state index in [9.17, 15) is 4.79 Å². The summed E-state index contributed by atoms with van der Waals surface area (Å²) in [4.78, 5) is 10.4. The van der Waals surface area contributed by atoms with Crippen LogP contribution >= 0.6 is 11.8 Å². The van der Waals surface area contributed by atoms with E-state index in [1.165, 1.54) is 6.92 Å². The lowest BCUT2D eigenvalue weighted by molar-refractivity contribution is -0.142. The number of hydrogen-bond donors (Lipinski definition) is 2. The fraction of sp³-hybridized carbons (Fsp3) is 0.833. The largest absolute Gasteiger partial charge is 0.480 e. The Bertz CT molecular complexity index is 125. The predicted molar refractivity (Wildman–Crippen MR) is 43.2 cm³/mol. The summed E-state index contributed by atoms with van der Waals surface area (Å²) in [5, 5.41) is 8.53. The van der Waals surface area contributed by atoms with Crippen LogP contribution in [-0.2, 0) is 4.79 Å². The van der Waals surface area contributed by atoms with Crippen molar-refractivity contribution in [2.75, 3.05) is 12.0 Å². The zero-order chi connectivity index (χ0) is 8.20. The van der Waals surface area contributed by atoms with Crippen molar-refractivity contribution in [1.29, 1.82) is 0 Å². The van der Waals surface area contributed by atoms with Crippen LogP contribution in [0.4, 0.5) is 0 Å². The van der Waals surface area contributed by atoms with Crippen molar-refractivity contribution in [3.8, 4) is 0 Å². The lowest BCUT2D eigenvalue weighted by Crippen LogP contribution is -2.45. The highest BCUT2D eigenvalue weighted by molar-refractivity contribution is 7.98. The van der Waals surface area contributed by atoms with E-state index in [1.54, 1.807) is 11.8 Å². The van der Waals surface area contributed by atoms with Gasteiger partial charge < -0.3 is 10.8 Å². The summed E-state index contributed by atoms with van der Waals surface area (Å²) < 4.78 is 0. The Morgan fingerprint density at radius 1 is 1.80 bits per heavy atom. The standard InChI is InChI=1S/C6H13NO2S/c1-6(7,5(8)9)3-4-10-2/h3-4,7H2,1-2H3,(H,8,9)/t6-/m0/s1. The van der Waals surface area contributed by atoms with Crippen molar-refractivity contribution in [3.63, 3.8) is 0 Å². The van der Waals surface area contributed by atoms with Crippen LogP contribution in [0.2, 0.25) is 0 Å². The van der Waals surface area contributed by atoms with Crippen LogP contribution in [0.1, 0.15) is 13.3 Å². The minimum absolute atomic E-state index is 0.517. The highest BCUT2D eigenvalue weighted by atomic mass is 32.2. The molecule has 0 fully saturated rings. The van der Waals surface area contributed by atoms with Gasteiger partial charge >= 0.3 is 5.97 Å². The van der Waals surface area contributed by atoms with Crippen molar-refractivity contribution in [2.24, 2.45) is 5.73 Å². The van der Waals surface area contributed by atoms with E-state index in [1.807, 2.05) is 6.26 Å². The van der Waals surface area contributed by atoms with E-state index in [0.29, 0.717) is 6.42 Å². The van der Waals surface area contributed by atoms with Gasteiger partial charge in [-0.1, -0.05) is 0 Å². The van der Waals surface area contributed by atoms with Crippen molar-refractivity contribution in [2.45, 2.75) is 18.9 Å². The molecule has 0 unspecified atom stereocenters. The van der Waals surface area contributed by atoms with Gasteiger partial charge in [0, 0.05) is 0 Å². The highest BCUT2D eigenvalue weighted by Crippen LogP contribution is 2.09. The molecule has 0 saturated heterocycles. The first-order chi connectivity index (χ1) is 4.50. The van der Waals surface area contributed by atoms with Gasteiger partial charge in [0.1, 0.15) is 5.54 Å². The molecule has 3 N–H and O–H groups in total. The SMILES string of the molecule is CSCC[C@](C)(N)C(=O)O. The topological polar surface area (TPSA) is 63.3 Å². The minimum atomic E-state index is -1.05. The van der Waals surface area contributed by atoms with Crippen molar-refractivity contribution in [1.82, 2.24) is 0 Å². The monoisotopic (exact) mass is 163 g/mol. The van der Waals surface area contributed by atoms with Crippen LogP contribution in [0, 0.1) is 0 Å². The van der Waals surface area contributed by atoms with Gasteiger partial charge in [0.2, 0.25) is 0 Å². The molecule has 0 heterocycles. The molecule has 0 amide bonds. The summed E-state index contributed by atoms with van der Waals surface area (Å²) in [7, 11) is 0. The Balaban J connectivity index is 3.75. The molecule has 0 rings (SSSR count). The van der Waals surface area contributed by atoms with E-state index in [4.69, 9.17) is 10.8 Å². The van der Waals surface area contributed by atoms with Crippen LogP contribution in [-0.4, -0.2) is 28.6 Å². The Labute approximate surface area is 65.0 Å². The lowest BCUT2D eigenvalue weighted by atomic mass is 10.0. The second-order valence-electron chi connectivity index (χ2n) is 2.47. The van der Waals surface area contributed by atoms with Gasteiger partial charge in [0.25, 0.3) is 0 Å². The Morgan fingerprint density at radius 3 is 2.60 bits per heavy atom. The van der Waals surface area contributed by atoms with Crippen LogP contribution in [0.3, 0.4) is 0 Å².